The van der Waals surface area contributed by atoms with Crippen LogP contribution in [0.5, 0.6) is 0 Å². The molecule has 2 heteroatoms. The summed E-state index contributed by atoms with van der Waals surface area (Å²) in [4.78, 5) is 14.6. The summed E-state index contributed by atoms with van der Waals surface area (Å²) in [5.74, 6) is 0. The lowest BCUT2D eigenvalue weighted by molar-refractivity contribution is -0.107. The topological polar surface area (TPSA) is 30.0 Å². The van der Waals surface area contributed by atoms with Crippen LogP contribution in [0.2, 0.25) is 0 Å². The van der Waals surface area contributed by atoms with E-state index in [9.17, 15) is 4.79 Å². The van der Waals surface area contributed by atoms with Crippen molar-refractivity contribution in [3.05, 3.63) is 42.1 Å². The second kappa shape index (κ2) is 3.35. The molecule has 1 aromatic carbocycles. The van der Waals surface area contributed by atoms with Crippen molar-refractivity contribution in [3.63, 3.8) is 0 Å². The van der Waals surface area contributed by atoms with Crippen LogP contribution in [-0.2, 0) is 11.2 Å². The molecule has 1 heterocycles. The number of carbonyl (C=O) groups is 1. The van der Waals surface area contributed by atoms with Crippen molar-refractivity contribution >= 4 is 17.2 Å². The van der Waals surface area contributed by atoms with Gasteiger partial charge < -0.3 is 4.79 Å². The molecule has 2 rings (SSSR count). The first-order chi connectivity index (χ1) is 6.42. The van der Waals surface area contributed by atoms with Gasteiger partial charge in [-0.3, -0.25) is 4.98 Å². The lowest BCUT2D eigenvalue weighted by Gasteiger charge is -2.00. The summed E-state index contributed by atoms with van der Waals surface area (Å²) in [6, 6.07) is 9.70. The minimum Gasteiger partial charge on any atom is -0.303 e. The first kappa shape index (κ1) is 7.92. The number of benzene rings is 1. The highest BCUT2D eigenvalue weighted by Crippen LogP contribution is 2.15. The lowest BCUT2D eigenvalue weighted by Crippen LogP contribution is -1.88. The molecule has 0 saturated heterocycles. The van der Waals surface area contributed by atoms with Crippen molar-refractivity contribution in [1.82, 2.24) is 4.98 Å². The quantitative estimate of drug-likeness (QED) is 0.646. The second-order valence-electron chi connectivity index (χ2n) is 2.86. The van der Waals surface area contributed by atoms with E-state index in [1.54, 1.807) is 6.20 Å². The third kappa shape index (κ3) is 1.43. The molecule has 0 amide bonds. The average Bonchev–Trinajstić information content (AvgIpc) is 2.19. The monoisotopic (exact) mass is 171 g/mol. The third-order valence-corrected chi connectivity index (χ3v) is 2.04. The van der Waals surface area contributed by atoms with Crippen LogP contribution in [0.15, 0.2) is 36.5 Å². The molecule has 0 radical (unpaired) electrons. The molecule has 0 spiro atoms. The SMILES string of the molecule is O=CCc1cccc2ncccc12. The molecule has 64 valence electrons. The maximum absolute atomic E-state index is 10.4. The Bertz CT molecular complexity index is 432. The van der Waals surface area contributed by atoms with Crippen LogP contribution in [-0.4, -0.2) is 11.3 Å². The Hall–Kier alpha value is -1.70. The van der Waals surface area contributed by atoms with Gasteiger partial charge in [-0.1, -0.05) is 18.2 Å². The number of pyridine rings is 1. The first-order valence-corrected chi connectivity index (χ1v) is 4.18. The number of aromatic nitrogens is 1. The highest BCUT2D eigenvalue weighted by Gasteiger charge is 1.98. The summed E-state index contributed by atoms with van der Waals surface area (Å²) >= 11 is 0. The molecule has 0 aliphatic heterocycles. The molecule has 0 unspecified atom stereocenters. The van der Waals surface area contributed by atoms with E-state index in [0.29, 0.717) is 6.42 Å². The lowest BCUT2D eigenvalue weighted by atomic mass is 10.1. The molecule has 2 nitrogen and oxygen atoms in total. The first-order valence-electron chi connectivity index (χ1n) is 4.18. The molecular weight excluding hydrogens is 162 g/mol. The Balaban J connectivity index is 2.68. The zero-order chi connectivity index (χ0) is 9.10. The molecular formula is C11H9NO. The van der Waals surface area contributed by atoms with Crippen LogP contribution in [0.3, 0.4) is 0 Å². The Morgan fingerprint density at radius 2 is 2.15 bits per heavy atom. The van der Waals surface area contributed by atoms with Crippen LogP contribution in [0.25, 0.3) is 10.9 Å². The Kier molecular flexibility index (Phi) is 2.04. The summed E-state index contributed by atoms with van der Waals surface area (Å²) in [6.45, 7) is 0. The standard InChI is InChI=1S/C11H9NO/c13-8-6-9-3-1-5-11-10(9)4-2-7-12-11/h1-5,7-8H,6H2. The smallest absolute Gasteiger partial charge is 0.124 e. The highest BCUT2D eigenvalue weighted by atomic mass is 16.1. The minimum absolute atomic E-state index is 0.461. The molecule has 2 aromatic rings. The van der Waals surface area contributed by atoms with E-state index in [4.69, 9.17) is 0 Å². The molecule has 0 fully saturated rings. The van der Waals surface area contributed by atoms with E-state index in [-0.39, 0.29) is 0 Å². The van der Waals surface area contributed by atoms with Crippen molar-refractivity contribution in [2.75, 3.05) is 0 Å². The van der Waals surface area contributed by atoms with E-state index in [2.05, 4.69) is 4.98 Å². The van der Waals surface area contributed by atoms with Gasteiger partial charge in [0.05, 0.1) is 5.52 Å². The van der Waals surface area contributed by atoms with Gasteiger partial charge in [0.25, 0.3) is 0 Å². The van der Waals surface area contributed by atoms with Gasteiger partial charge >= 0.3 is 0 Å². The summed E-state index contributed by atoms with van der Waals surface area (Å²) < 4.78 is 0. The van der Waals surface area contributed by atoms with Gasteiger partial charge in [-0.05, 0) is 17.7 Å². The fraction of sp³-hybridized carbons (Fsp3) is 0.0909. The normalized spacial score (nSPS) is 10.2. The second-order valence-corrected chi connectivity index (χ2v) is 2.86. The molecule has 13 heavy (non-hydrogen) atoms. The molecule has 0 saturated carbocycles. The number of fused-ring (bicyclic) bond motifs is 1. The van der Waals surface area contributed by atoms with Gasteiger partial charge in [0.2, 0.25) is 0 Å². The molecule has 0 atom stereocenters. The van der Waals surface area contributed by atoms with Crippen LogP contribution in [0.4, 0.5) is 0 Å². The van der Waals surface area contributed by atoms with Crippen molar-refractivity contribution < 1.29 is 4.79 Å². The fourth-order valence-electron chi connectivity index (χ4n) is 1.43. The van der Waals surface area contributed by atoms with Gasteiger partial charge in [0.1, 0.15) is 6.29 Å². The average molecular weight is 171 g/mol. The van der Waals surface area contributed by atoms with Gasteiger partial charge in [-0.15, -0.1) is 0 Å². The van der Waals surface area contributed by atoms with Gasteiger partial charge in [-0.25, -0.2) is 0 Å². The van der Waals surface area contributed by atoms with Crippen molar-refractivity contribution in [2.45, 2.75) is 6.42 Å². The van der Waals surface area contributed by atoms with Gasteiger partial charge in [-0.2, -0.15) is 0 Å². The van der Waals surface area contributed by atoms with Crippen molar-refractivity contribution in [2.24, 2.45) is 0 Å². The summed E-state index contributed by atoms with van der Waals surface area (Å²) in [7, 11) is 0. The van der Waals surface area contributed by atoms with Crippen molar-refractivity contribution in [3.8, 4) is 0 Å². The molecule has 0 aliphatic carbocycles. The van der Waals surface area contributed by atoms with Crippen LogP contribution in [0.1, 0.15) is 5.56 Å². The van der Waals surface area contributed by atoms with Crippen LogP contribution >= 0.6 is 0 Å². The van der Waals surface area contributed by atoms with E-state index in [1.807, 2.05) is 30.3 Å². The maximum atomic E-state index is 10.4. The molecule has 0 N–H and O–H groups in total. The molecule has 0 bridgehead atoms. The fourth-order valence-corrected chi connectivity index (χ4v) is 1.43. The number of carbonyl (C=O) groups excluding carboxylic acids is 1. The Morgan fingerprint density at radius 1 is 1.23 bits per heavy atom. The number of hydrogen-bond donors (Lipinski definition) is 0. The summed E-state index contributed by atoms with van der Waals surface area (Å²) in [6.07, 6.45) is 3.14. The predicted molar refractivity (Wildman–Crippen MR) is 51.5 cm³/mol. The minimum atomic E-state index is 0.461. The zero-order valence-corrected chi connectivity index (χ0v) is 7.10. The predicted octanol–water partition coefficient (Wildman–Crippen LogP) is 1.98. The maximum Gasteiger partial charge on any atom is 0.124 e. The van der Waals surface area contributed by atoms with Crippen LogP contribution < -0.4 is 0 Å². The summed E-state index contributed by atoms with van der Waals surface area (Å²) in [5.41, 5.74) is 1.99. The number of nitrogens with zero attached hydrogens (tertiary/aromatic N) is 1. The van der Waals surface area contributed by atoms with E-state index in [1.165, 1.54) is 0 Å². The van der Waals surface area contributed by atoms with Gasteiger partial charge in [0, 0.05) is 18.0 Å². The highest BCUT2D eigenvalue weighted by molar-refractivity contribution is 5.83. The molecule has 1 aromatic heterocycles. The largest absolute Gasteiger partial charge is 0.303 e. The Labute approximate surface area is 76.2 Å². The Morgan fingerprint density at radius 3 is 3.00 bits per heavy atom. The zero-order valence-electron chi connectivity index (χ0n) is 7.10. The number of hydrogen-bond acceptors (Lipinski definition) is 2. The van der Waals surface area contributed by atoms with Crippen LogP contribution in [0, 0.1) is 0 Å². The molecule has 0 aliphatic rings. The number of rotatable bonds is 2. The van der Waals surface area contributed by atoms with E-state index < -0.39 is 0 Å². The van der Waals surface area contributed by atoms with Crippen molar-refractivity contribution in [1.29, 1.82) is 0 Å². The van der Waals surface area contributed by atoms with E-state index >= 15 is 0 Å². The van der Waals surface area contributed by atoms with E-state index in [0.717, 1.165) is 22.8 Å². The summed E-state index contributed by atoms with van der Waals surface area (Å²) in [5, 5.41) is 1.07. The van der Waals surface area contributed by atoms with Gasteiger partial charge in [0.15, 0.2) is 0 Å². The third-order valence-electron chi connectivity index (χ3n) is 2.04. The number of aldehydes is 1.